The van der Waals surface area contributed by atoms with E-state index in [-0.39, 0.29) is 18.6 Å². The molecule has 0 aromatic heterocycles. The van der Waals surface area contributed by atoms with Crippen LogP contribution in [0.2, 0.25) is 0 Å². The largest absolute Gasteiger partial charge is 0.379 e. The summed E-state index contributed by atoms with van der Waals surface area (Å²) in [5.74, 6) is 0.0806. The van der Waals surface area contributed by atoms with Crippen LogP contribution in [0.5, 0.6) is 0 Å². The quantitative estimate of drug-likeness (QED) is 0.727. The van der Waals surface area contributed by atoms with Crippen LogP contribution >= 0.6 is 0 Å². The van der Waals surface area contributed by atoms with E-state index in [0.717, 1.165) is 32.6 Å². The number of hydrogen-bond acceptors (Lipinski definition) is 4. The number of amides is 1. The summed E-state index contributed by atoms with van der Waals surface area (Å²) >= 11 is 0. The first-order valence-electron chi connectivity index (χ1n) is 6.42. The summed E-state index contributed by atoms with van der Waals surface area (Å²) < 4.78 is 10.7. The molecule has 1 fully saturated rings. The minimum atomic E-state index is -0.0241. The van der Waals surface area contributed by atoms with Crippen molar-refractivity contribution in [3.63, 3.8) is 0 Å². The second kappa shape index (κ2) is 8.44. The molecule has 0 saturated carbocycles. The van der Waals surface area contributed by atoms with Crippen LogP contribution in [0.15, 0.2) is 0 Å². The molecule has 17 heavy (non-hydrogen) atoms. The van der Waals surface area contributed by atoms with Crippen LogP contribution in [0.25, 0.3) is 0 Å². The van der Waals surface area contributed by atoms with E-state index < -0.39 is 0 Å². The van der Waals surface area contributed by atoms with Crippen LogP contribution in [0.3, 0.4) is 0 Å². The number of rotatable bonds is 6. The van der Waals surface area contributed by atoms with Gasteiger partial charge in [-0.05, 0) is 26.8 Å². The molecule has 1 atom stereocenters. The van der Waals surface area contributed by atoms with Crippen LogP contribution < -0.4 is 5.32 Å². The predicted octanol–water partition coefficient (Wildman–Crippen LogP) is 0.250. The number of nitrogens with one attached hydrogen (secondary N) is 1. The van der Waals surface area contributed by atoms with Gasteiger partial charge in [0.25, 0.3) is 0 Å². The smallest absolute Gasteiger partial charge is 0.248 e. The number of hydrogen-bond donors (Lipinski definition) is 1. The lowest BCUT2D eigenvalue weighted by Crippen LogP contribution is -2.37. The molecule has 1 aliphatic heterocycles. The fourth-order valence-corrected chi connectivity index (χ4v) is 1.73. The Hall–Kier alpha value is -0.650. The lowest BCUT2D eigenvalue weighted by atomic mass is 10.4. The zero-order valence-corrected chi connectivity index (χ0v) is 10.9. The average molecular weight is 244 g/mol. The van der Waals surface area contributed by atoms with Crippen molar-refractivity contribution in [2.75, 3.05) is 46.0 Å². The summed E-state index contributed by atoms with van der Waals surface area (Å²) in [4.78, 5) is 13.7. The molecule has 100 valence electrons. The highest BCUT2D eigenvalue weighted by Crippen LogP contribution is 1.99. The summed E-state index contributed by atoms with van der Waals surface area (Å²) in [6.45, 7) is 8.73. The highest BCUT2D eigenvalue weighted by Gasteiger charge is 2.16. The average Bonchev–Trinajstić information content (AvgIpc) is 2.62. The monoisotopic (exact) mass is 244 g/mol. The first-order valence-corrected chi connectivity index (χ1v) is 6.42. The Balaban J connectivity index is 2.18. The van der Waals surface area contributed by atoms with Crippen LogP contribution in [0.4, 0.5) is 0 Å². The van der Waals surface area contributed by atoms with E-state index in [1.54, 1.807) is 0 Å². The van der Waals surface area contributed by atoms with Crippen LogP contribution in [0, 0.1) is 0 Å². The molecule has 1 heterocycles. The van der Waals surface area contributed by atoms with Gasteiger partial charge in [0.05, 0.1) is 12.7 Å². The zero-order valence-electron chi connectivity index (χ0n) is 10.9. The Morgan fingerprint density at radius 3 is 3.00 bits per heavy atom. The maximum Gasteiger partial charge on any atom is 0.248 e. The number of carbonyl (C=O) groups is 1. The molecule has 1 saturated heterocycles. The minimum absolute atomic E-state index is 0.0241. The SMILES string of the molecule is CCOCC(C)OCC(=O)N1CCCNCC1. The van der Waals surface area contributed by atoms with Crippen LogP contribution in [-0.2, 0) is 14.3 Å². The van der Waals surface area contributed by atoms with Crippen LogP contribution in [0.1, 0.15) is 20.3 Å². The van der Waals surface area contributed by atoms with Crippen molar-refractivity contribution in [2.45, 2.75) is 26.4 Å². The number of ether oxygens (including phenoxy) is 2. The van der Waals surface area contributed by atoms with Crippen molar-refractivity contribution in [3.8, 4) is 0 Å². The predicted molar refractivity (Wildman–Crippen MR) is 66.0 cm³/mol. The highest BCUT2D eigenvalue weighted by molar-refractivity contribution is 5.77. The van der Waals surface area contributed by atoms with Gasteiger partial charge in [-0.3, -0.25) is 4.79 Å². The van der Waals surface area contributed by atoms with Crippen molar-refractivity contribution in [2.24, 2.45) is 0 Å². The molecule has 0 bridgehead atoms. The summed E-state index contributed by atoms with van der Waals surface area (Å²) in [5, 5.41) is 3.27. The van der Waals surface area contributed by atoms with Gasteiger partial charge in [-0.15, -0.1) is 0 Å². The molecule has 0 aromatic rings. The van der Waals surface area contributed by atoms with Gasteiger partial charge in [-0.2, -0.15) is 0 Å². The zero-order chi connectivity index (χ0) is 12.5. The highest BCUT2D eigenvalue weighted by atomic mass is 16.5. The molecule has 1 aliphatic rings. The molecule has 1 amide bonds. The Morgan fingerprint density at radius 2 is 2.24 bits per heavy atom. The standard InChI is InChI=1S/C12H24N2O3/c1-3-16-9-11(2)17-10-12(15)14-7-4-5-13-6-8-14/h11,13H,3-10H2,1-2H3. The molecule has 0 aliphatic carbocycles. The summed E-state index contributed by atoms with van der Waals surface area (Å²) in [6, 6.07) is 0. The third-order valence-corrected chi connectivity index (χ3v) is 2.74. The Morgan fingerprint density at radius 1 is 1.41 bits per heavy atom. The molecule has 0 aromatic carbocycles. The van der Waals surface area contributed by atoms with E-state index in [4.69, 9.17) is 9.47 Å². The van der Waals surface area contributed by atoms with Gasteiger partial charge in [-0.1, -0.05) is 0 Å². The molecule has 0 spiro atoms. The van der Waals surface area contributed by atoms with Gasteiger partial charge in [0.2, 0.25) is 5.91 Å². The molecule has 5 nitrogen and oxygen atoms in total. The summed E-state index contributed by atoms with van der Waals surface area (Å²) in [7, 11) is 0. The lowest BCUT2D eigenvalue weighted by Gasteiger charge is -2.21. The Kier molecular flexibility index (Phi) is 7.16. The number of nitrogens with zero attached hydrogens (tertiary/aromatic N) is 1. The molecule has 0 radical (unpaired) electrons. The van der Waals surface area contributed by atoms with Gasteiger partial charge in [-0.25, -0.2) is 0 Å². The van der Waals surface area contributed by atoms with Crippen molar-refractivity contribution < 1.29 is 14.3 Å². The Bertz CT molecular complexity index is 216. The maximum atomic E-state index is 11.9. The fraction of sp³-hybridized carbons (Fsp3) is 0.917. The summed E-state index contributed by atoms with van der Waals surface area (Å²) in [5.41, 5.74) is 0. The molecular weight excluding hydrogens is 220 g/mol. The van der Waals surface area contributed by atoms with Gasteiger partial charge in [0, 0.05) is 26.2 Å². The van der Waals surface area contributed by atoms with Crippen molar-refractivity contribution >= 4 is 5.91 Å². The molecule has 1 unspecified atom stereocenters. The van der Waals surface area contributed by atoms with Crippen molar-refractivity contribution in [1.82, 2.24) is 10.2 Å². The molecule has 5 heteroatoms. The van der Waals surface area contributed by atoms with E-state index in [9.17, 15) is 4.79 Å². The van der Waals surface area contributed by atoms with E-state index >= 15 is 0 Å². The second-order valence-corrected chi connectivity index (χ2v) is 4.27. The second-order valence-electron chi connectivity index (χ2n) is 4.27. The van der Waals surface area contributed by atoms with E-state index in [1.165, 1.54) is 0 Å². The topological polar surface area (TPSA) is 50.8 Å². The first-order chi connectivity index (χ1) is 8.24. The van der Waals surface area contributed by atoms with Crippen molar-refractivity contribution in [3.05, 3.63) is 0 Å². The van der Waals surface area contributed by atoms with Gasteiger partial charge >= 0.3 is 0 Å². The van der Waals surface area contributed by atoms with Gasteiger partial charge in [0.15, 0.2) is 0 Å². The van der Waals surface area contributed by atoms with Gasteiger partial charge < -0.3 is 19.7 Å². The number of carbonyl (C=O) groups excluding carboxylic acids is 1. The van der Waals surface area contributed by atoms with Crippen molar-refractivity contribution in [1.29, 1.82) is 0 Å². The first kappa shape index (κ1) is 14.4. The van der Waals surface area contributed by atoms with E-state index in [0.29, 0.717) is 13.2 Å². The lowest BCUT2D eigenvalue weighted by molar-refractivity contribution is -0.138. The van der Waals surface area contributed by atoms with Crippen LogP contribution in [-0.4, -0.2) is 62.9 Å². The molecular formula is C12H24N2O3. The Labute approximate surface area is 103 Å². The third kappa shape index (κ3) is 6.00. The molecule has 1 rings (SSSR count). The van der Waals surface area contributed by atoms with E-state index in [2.05, 4.69) is 5.32 Å². The summed E-state index contributed by atoms with van der Waals surface area (Å²) in [6.07, 6.45) is 0.990. The van der Waals surface area contributed by atoms with E-state index in [1.807, 2.05) is 18.7 Å². The fourth-order valence-electron chi connectivity index (χ4n) is 1.73. The van der Waals surface area contributed by atoms with Gasteiger partial charge in [0.1, 0.15) is 6.61 Å². The maximum absolute atomic E-state index is 11.9. The minimum Gasteiger partial charge on any atom is -0.379 e. The molecule has 1 N–H and O–H groups in total. The normalized spacial score (nSPS) is 18.8. The third-order valence-electron chi connectivity index (χ3n) is 2.74.